The number of hydrogen-bond donors (Lipinski definition) is 0. The van der Waals surface area contributed by atoms with Gasteiger partial charge in [0, 0.05) is 30.7 Å². The van der Waals surface area contributed by atoms with Crippen molar-refractivity contribution in [1.29, 1.82) is 0 Å². The summed E-state index contributed by atoms with van der Waals surface area (Å²) >= 11 is 6.03. The molecule has 210 valence electrons. The predicted octanol–water partition coefficient (Wildman–Crippen LogP) is 6.84. The highest BCUT2D eigenvalue weighted by atomic mass is 35.5. The fraction of sp³-hybridized carbons (Fsp3) is 0.586. The van der Waals surface area contributed by atoms with E-state index in [0.717, 1.165) is 69.8 Å². The van der Waals surface area contributed by atoms with E-state index in [1.165, 1.54) is 30.7 Å². The van der Waals surface area contributed by atoms with Gasteiger partial charge in [0.25, 0.3) is 0 Å². The molecule has 2 fully saturated rings. The zero-order valence-electron chi connectivity index (χ0n) is 22.4. The molecular weight excluding hydrogens is 540 g/mol. The molecule has 4 rings (SSSR count). The van der Waals surface area contributed by atoms with E-state index in [0.29, 0.717) is 24.0 Å². The lowest BCUT2D eigenvalue weighted by atomic mass is 9.89. The molecule has 0 unspecified atom stereocenters. The summed E-state index contributed by atoms with van der Waals surface area (Å²) < 4.78 is 58.2. The molecule has 0 aliphatic heterocycles. The van der Waals surface area contributed by atoms with Crippen LogP contribution in [0.25, 0.3) is 0 Å². The van der Waals surface area contributed by atoms with Gasteiger partial charge in [-0.1, -0.05) is 69.2 Å². The Bertz CT molecular complexity index is 1240. The van der Waals surface area contributed by atoms with Crippen LogP contribution >= 0.6 is 11.6 Å². The van der Waals surface area contributed by atoms with E-state index in [1.54, 1.807) is 20.7 Å². The first kappa shape index (κ1) is 29.5. The number of unbranched alkanes of at least 4 members (excludes halogenated alkanes) is 1. The first-order chi connectivity index (χ1) is 18.2. The quantitative estimate of drug-likeness (QED) is 0.275. The smallest absolute Gasteiger partial charge is 0.207 e. The number of benzene rings is 2. The second kappa shape index (κ2) is 13.3. The van der Waals surface area contributed by atoms with Gasteiger partial charge in [-0.15, -0.1) is 0 Å². The summed E-state index contributed by atoms with van der Waals surface area (Å²) in [5.74, 6) is 0.392. The Morgan fingerprint density at radius 2 is 1.32 bits per heavy atom. The van der Waals surface area contributed by atoms with Crippen molar-refractivity contribution in [3.05, 3.63) is 59.1 Å². The highest BCUT2D eigenvalue weighted by Crippen LogP contribution is 2.32. The minimum Gasteiger partial charge on any atom is -0.207 e. The van der Waals surface area contributed by atoms with Crippen molar-refractivity contribution in [3.8, 4) is 0 Å². The molecule has 0 bridgehead atoms. The third kappa shape index (κ3) is 7.19. The summed E-state index contributed by atoms with van der Waals surface area (Å²) in [5, 5.41) is 0.609. The lowest BCUT2D eigenvalue weighted by molar-refractivity contribution is 0.277. The molecule has 0 radical (unpaired) electrons. The first-order valence-corrected chi connectivity index (χ1v) is 17.3. The van der Waals surface area contributed by atoms with Crippen molar-refractivity contribution in [1.82, 2.24) is 8.61 Å². The second-order valence-electron chi connectivity index (χ2n) is 10.8. The summed E-state index contributed by atoms with van der Waals surface area (Å²) in [6.45, 7) is 3.35. The SMILES string of the molecule is CCCCN(CC1CCCCC1)S(=O)(=O)c1ccc(S(=O)(=O)N(Cc2ccc(Cl)cc2)C2CCCC2)cc1. The average Bonchev–Trinajstić information content (AvgIpc) is 3.45. The molecule has 9 heteroatoms. The van der Waals surface area contributed by atoms with Gasteiger partial charge in [-0.3, -0.25) is 0 Å². The van der Waals surface area contributed by atoms with Gasteiger partial charge in [0.15, 0.2) is 0 Å². The van der Waals surface area contributed by atoms with Gasteiger partial charge < -0.3 is 0 Å². The van der Waals surface area contributed by atoms with Gasteiger partial charge in [-0.2, -0.15) is 8.61 Å². The van der Waals surface area contributed by atoms with Crippen LogP contribution in [0.15, 0.2) is 58.3 Å². The highest BCUT2D eigenvalue weighted by molar-refractivity contribution is 7.89. The van der Waals surface area contributed by atoms with Crippen LogP contribution in [0.3, 0.4) is 0 Å². The Balaban J connectivity index is 1.57. The molecule has 0 saturated heterocycles. The Hall–Kier alpha value is -1.45. The normalized spacial score (nSPS) is 18.0. The van der Waals surface area contributed by atoms with Gasteiger partial charge in [-0.25, -0.2) is 16.8 Å². The highest BCUT2D eigenvalue weighted by Gasteiger charge is 2.34. The molecule has 2 saturated carbocycles. The molecular formula is C29H41ClN2O4S2. The minimum atomic E-state index is -3.82. The number of rotatable bonds is 12. The van der Waals surface area contributed by atoms with E-state index in [4.69, 9.17) is 11.6 Å². The largest absolute Gasteiger partial charge is 0.243 e. The van der Waals surface area contributed by atoms with Crippen molar-refractivity contribution >= 4 is 31.6 Å². The Morgan fingerprint density at radius 1 is 0.763 bits per heavy atom. The van der Waals surface area contributed by atoms with Crippen LogP contribution in [0.4, 0.5) is 0 Å². The van der Waals surface area contributed by atoms with Gasteiger partial charge >= 0.3 is 0 Å². The van der Waals surface area contributed by atoms with Crippen molar-refractivity contribution in [3.63, 3.8) is 0 Å². The first-order valence-electron chi connectivity index (χ1n) is 14.1. The Kier molecular flexibility index (Phi) is 10.3. The minimum absolute atomic E-state index is 0.0703. The summed E-state index contributed by atoms with van der Waals surface area (Å²) in [5.41, 5.74) is 0.873. The van der Waals surface area contributed by atoms with Crippen LogP contribution in [-0.4, -0.2) is 44.6 Å². The fourth-order valence-corrected chi connectivity index (χ4v) is 9.10. The third-order valence-corrected chi connectivity index (χ3v) is 12.0. The average molecular weight is 581 g/mol. The summed E-state index contributed by atoms with van der Waals surface area (Å²) in [7, 11) is -7.53. The van der Waals surface area contributed by atoms with Gasteiger partial charge in [0.1, 0.15) is 0 Å². The monoisotopic (exact) mass is 580 g/mol. The van der Waals surface area contributed by atoms with Gasteiger partial charge in [0.05, 0.1) is 9.79 Å². The third-order valence-electron chi connectivity index (χ3n) is 8.00. The molecule has 0 N–H and O–H groups in total. The molecule has 6 nitrogen and oxygen atoms in total. The Morgan fingerprint density at radius 3 is 1.89 bits per heavy atom. The molecule has 0 spiro atoms. The van der Waals surface area contributed by atoms with Crippen molar-refractivity contribution in [2.24, 2.45) is 5.92 Å². The van der Waals surface area contributed by atoms with E-state index < -0.39 is 20.0 Å². The van der Waals surface area contributed by atoms with Crippen molar-refractivity contribution in [2.75, 3.05) is 13.1 Å². The summed E-state index contributed by atoms with van der Waals surface area (Å²) in [4.78, 5) is 0.290. The molecule has 2 aliphatic rings. The molecule has 2 aromatic rings. The van der Waals surface area contributed by atoms with Crippen LogP contribution in [-0.2, 0) is 26.6 Å². The zero-order valence-corrected chi connectivity index (χ0v) is 24.8. The molecule has 2 aromatic carbocycles. The number of nitrogens with zero attached hydrogens (tertiary/aromatic N) is 2. The predicted molar refractivity (Wildman–Crippen MR) is 153 cm³/mol. The van der Waals surface area contributed by atoms with Crippen molar-refractivity contribution in [2.45, 2.75) is 99.9 Å². The van der Waals surface area contributed by atoms with E-state index in [2.05, 4.69) is 6.92 Å². The zero-order chi connectivity index (χ0) is 27.2. The van der Waals surface area contributed by atoms with E-state index in [-0.39, 0.29) is 22.4 Å². The number of hydrogen-bond acceptors (Lipinski definition) is 4. The molecule has 0 amide bonds. The molecule has 0 atom stereocenters. The number of sulfonamides is 2. The van der Waals surface area contributed by atoms with Gasteiger partial charge in [-0.05, 0) is 80.0 Å². The lowest BCUT2D eigenvalue weighted by Gasteiger charge is -2.30. The number of halogens is 1. The maximum atomic E-state index is 13.8. The standard InChI is InChI=1S/C29H41ClN2O4S2/c1-2-3-21-31(22-24-9-5-4-6-10-24)37(33,34)28-17-19-29(20-18-28)38(35,36)32(27-11-7-8-12-27)23-25-13-15-26(30)16-14-25/h13-20,24,27H,2-12,21-23H2,1H3. The van der Waals surface area contributed by atoms with Crippen LogP contribution < -0.4 is 0 Å². The molecule has 0 aromatic heterocycles. The summed E-state index contributed by atoms with van der Waals surface area (Å²) in [6, 6.07) is 13.0. The van der Waals surface area contributed by atoms with Crippen LogP contribution in [0.1, 0.15) is 83.1 Å². The second-order valence-corrected chi connectivity index (χ2v) is 15.1. The van der Waals surface area contributed by atoms with Crippen LogP contribution in [0, 0.1) is 5.92 Å². The van der Waals surface area contributed by atoms with Crippen LogP contribution in [0.5, 0.6) is 0 Å². The lowest BCUT2D eigenvalue weighted by Crippen LogP contribution is -2.38. The summed E-state index contributed by atoms with van der Waals surface area (Å²) in [6.07, 6.45) is 11.1. The van der Waals surface area contributed by atoms with E-state index in [1.807, 2.05) is 12.1 Å². The van der Waals surface area contributed by atoms with Gasteiger partial charge in [0.2, 0.25) is 20.0 Å². The maximum Gasteiger partial charge on any atom is 0.243 e. The van der Waals surface area contributed by atoms with E-state index >= 15 is 0 Å². The van der Waals surface area contributed by atoms with Crippen LogP contribution in [0.2, 0.25) is 5.02 Å². The molecule has 0 heterocycles. The maximum absolute atomic E-state index is 13.8. The van der Waals surface area contributed by atoms with E-state index in [9.17, 15) is 16.8 Å². The van der Waals surface area contributed by atoms with Crippen molar-refractivity contribution < 1.29 is 16.8 Å². The molecule has 38 heavy (non-hydrogen) atoms. The fourth-order valence-electron chi connectivity index (χ4n) is 5.74. The Labute approximate surface area is 234 Å². The molecule has 2 aliphatic carbocycles. The topological polar surface area (TPSA) is 74.8 Å².